The Labute approximate surface area is 104 Å². The van der Waals surface area contributed by atoms with Gasteiger partial charge in [0, 0.05) is 29.7 Å². The van der Waals surface area contributed by atoms with Gasteiger partial charge in [-0.1, -0.05) is 0 Å². The first kappa shape index (κ1) is 12.2. The van der Waals surface area contributed by atoms with Crippen LogP contribution in [0.4, 0.5) is 0 Å². The molecule has 0 aliphatic carbocycles. The van der Waals surface area contributed by atoms with E-state index in [4.69, 9.17) is 0 Å². The van der Waals surface area contributed by atoms with E-state index in [0.29, 0.717) is 5.56 Å². The number of esters is 1. The number of likely N-dealkylation sites (N-methyl/N-ethyl adjacent to an activating group) is 1. The molecule has 1 aromatic carbocycles. The molecule has 0 spiro atoms. The fourth-order valence-corrected chi connectivity index (χ4v) is 1.74. The van der Waals surface area contributed by atoms with Crippen molar-refractivity contribution in [3.8, 4) is 0 Å². The number of hydrogen-bond acceptors (Lipinski definition) is 3. The van der Waals surface area contributed by atoms with Crippen LogP contribution < -0.4 is 0 Å². The van der Waals surface area contributed by atoms with Gasteiger partial charge in [-0.25, -0.2) is 0 Å². The van der Waals surface area contributed by atoms with E-state index in [2.05, 4.69) is 9.72 Å². The standard InChI is InChI=1S/C13H14N2O3/c1-15(8-12(16)18-2)13(17)10-3-4-11-9(7-10)5-6-14-11/h3-7,14H,8H2,1-2H3. The second-order valence-corrected chi connectivity index (χ2v) is 4.02. The van der Waals surface area contributed by atoms with Gasteiger partial charge in [-0.3, -0.25) is 9.59 Å². The van der Waals surface area contributed by atoms with Crippen molar-refractivity contribution in [3.63, 3.8) is 0 Å². The zero-order valence-electron chi connectivity index (χ0n) is 10.3. The van der Waals surface area contributed by atoms with Gasteiger partial charge in [0.15, 0.2) is 0 Å². The van der Waals surface area contributed by atoms with Gasteiger partial charge in [-0.2, -0.15) is 0 Å². The largest absolute Gasteiger partial charge is 0.468 e. The Morgan fingerprint density at radius 3 is 2.83 bits per heavy atom. The SMILES string of the molecule is COC(=O)CN(C)C(=O)c1ccc2[nH]ccc2c1. The number of amides is 1. The molecule has 1 amide bonds. The minimum absolute atomic E-state index is 0.0551. The van der Waals surface area contributed by atoms with Crippen molar-refractivity contribution in [2.45, 2.75) is 0 Å². The van der Waals surface area contributed by atoms with Crippen LogP contribution in [0.2, 0.25) is 0 Å². The Hall–Kier alpha value is -2.30. The molecule has 0 unspecified atom stereocenters. The van der Waals surface area contributed by atoms with Crippen molar-refractivity contribution in [2.24, 2.45) is 0 Å². The predicted molar refractivity (Wildman–Crippen MR) is 67.3 cm³/mol. The number of ether oxygens (including phenoxy) is 1. The van der Waals surface area contributed by atoms with E-state index in [1.165, 1.54) is 12.0 Å². The highest BCUT2D eigenvalue weighted by atomic mass is 16.5. The van der Waals surface area contributed by atoms with Gasteiger partial charge in [-0.05, 0) is 24.3 Å². The summed E-state index contributed by atoms with van der Waals surface area (Å²) < 4.78 is 4.53. The Morgan fingerprint density at radius 1 is 1.33 bits per heavy atom. The first-order valence-corrected chi connectivity index (χ1v) is 5.51. The van der Waals surface area contributed by atoms with E-state index in [0.717, 1.165) is 10.9 Å². The van der Waals surface area contributed by atoms with Crippen LogP contribution in [-0.4, -0.2) is 42.5 Å². The van der Waals surface area contributed by atoms with E-state index in [1.54, 1.807) is 19.2 Å². The van der Waals surface area contributed by atoms with E-state index in [-0.39, 0.29) is 12.5 Å². The number of H-pyrrole nitrogens is 1. The highest BCUT2D eigenvalue weighted by molar-refractivity contribution is 5.99. The lowest BCUT2D eigenvalue weighted by molar-refractivity contribution is -0.141. The highest BCUT2D eigenvalue weighted by Gasteiger charge is 2.15. The molecule has 0 saturated heterocycles. The van der Waals surface area contributed by atoms with Gasteiger partial charge < -0.3 is 14.6 Å². The molecule has 0 radical (unpaired) electrons. The van der Waals surface area contributed by atoms with Crippen molar-refractivity contribution in [2.75, 3.05) is 20.7 Å². The monoisotopic (exact) mass is 246 g/mol. The van der Waals surface area contributed by atoms with Gasteiger partial charge in [-0.15, -0.1) is 0 Å². The molecule has 0 bridgehead atoms. The molecule has 1 heterocycles. The molecule has 0 fully saturated rings. The molecule has 5 nitrogen and oxygen atoms in total. The number of aromatic amines is 1. The molecule has 0 aliphatic rings. The Bertz CT molecular complexity index is 589. The molecule has 2 aromatic rings. The number of carbonyl (C=O) groups is 2. The molecule has 18 heavy (non-hydrogen) atoms. The summed E-state index contributed by atoms with van der Waals surface area (Å²) in [6.45, 7) is -0.0551. The number of aromatic nitrogens is 1. The third-order valence-electron chi connectivity index (χ3n) is 2.74. The molecule has 1 aromatic heterocycles. The summed E-state index contributed by atoms with van der Waals surface area (Å²) >= 11 is 0. The molecule has 5 heteroatoms. The summed E-state index contributed by atoms with van der Waals surface area (Å²) in [5.74, 6) is -0.642. The summed E-state index contributed by atoms with van der Waals surface area (Å²) in [6, 6.07) is 7.26. The van der Waals surface area contributed by atoms with Gasteiger partial charge in [0.1, 0.15) is 6.54 Å². The minimum Gasteiger partial charge on any atom is -0.468 e. The normalized spacial score (nSPS) is 10.3. The first-order valence-electron chi connectivity index (χ1n) is 5.51. The topological polar surface area (TPSA) is 62.4 Å². The van der Waals surface area contributed by atoms with Crippen LogP contribution in [0, 0.1) is 0 Å². The molecule has 0 aliphatic heterocycles. The maximum atomic E-state index is 12.1. The lowest BCUT2D eigenvalue weighted by Crippen LogP contribution is -2.32. The number of carbonyl (C=O) groups excluding carboxylic acids is 2. The molecular formula is C13H14N2O3. The molecule has 0 atom stereocenters. The van der Waals surface area contributed by atoms with Crippen molar-refractivity contribution < 1.29 is 14.3 Å². The number of methoxy groups -OCH3 is 1. The number of rotatable bonds is 3. The van der Waals surface area contributed by atoms with Gasteiger partial charge in [0.05, 0.1) is 7.11 Å². The number of nitrogens with zero attached hydrogens (tertiary/aromatic N) is 1. The first-order chi connectivity index (χ1) is 8.61. The highest BCUT2D eigenvalue weighted by Crippen LogP contribution is 2.15. The van der Waals surface area contributed by atoms with Crippen LogP contribution in [-0.2, 0) is 9.53 Å². The van der Waals surface area contributed by atoms with Gasteiger partial charge in [0.25, 0.3) is 5.91 Å². The summed E-state index contributed by atoms with van der Waals surface area (Å²) in [7, 11) is 2.87. The van der Waals surface area contributed by atoms with E-state index >= 15 is 0 Å². The van der Waals surface area contributed by atoms with Crippen molar-refractivity contribution >= 4 is 22.8 Å². The zero-order chi connectivity index (χ0) is 13.1. The summed E-state index contributed by atoms with van der Waals surface area (Å²) in [4.78, 5) is 27.6. The fraction of sp³-hybridized carbons (Fsp3) is 0.231. The maximum Gasteiger partial charge on any atom is 0.325 e. The minimum atomic E-state index is -0.437. The van der Waals surface area contributed by atoms with Gasteiger partial charge in [0.2, 0.25) is 0 Å². The van der Waals surface area contributed by atoms with Crippen LogP contribution in [0.5, 0.6) is 0 Å². The third-order valence-corrected chi connectivity index (χ3v) is 2.74. The van der Waals surface area contributed by atoms with Crippen molar-refractivity contribution in [1.82, 2.24) is 9.88 Å². The predicted octanol–water partition coefficient (Wildman–Crippen LogP) is 1.41. The Kier molecular flexibility index (Phi) is 3.32. The van der Waals surface area contributed by atoms with Crippen molar-refractivity contribution in [3.05, 3.63) is 36.0 Å². The maximum absolute atomic E-state index is 12.1. The Balaban J connectivity index is 2.19. The number of hydrogen-bond donors (Lipinski definition) is 1. The summed E-state index contributed by atoms with van der Waals surface area (Å²) in [5, 5.41) is 0.965. The van der Waals surface area contributed by atoms with E-state index in [1.807, 2.05) is 18.3 Å². The quantitative estimate of drug-likeness (QED) is 0.833. The molecule has 2 rings (SSSR count). The number of nitrogens with one attached hydrogen (secondary N) is 1. The molecule has 0 saturated carbocycles. The lowest BCUT2D eigenvalue weighted by atomic mass is 10.1. The smallest absolute Gasteiger partial charge is 0.325 e. The second kappa shape index (κ2) is 4.91. The van der Waals surface area contributed by atoms with Crippen LogP contribution in [0.15, 0.2) is 30.5 Å². The molecule has 1 N–H and O–H groups in total. The number of fused-ring (bicyclic) bond motifs is 1. The van der Waals surface area contributed by atoms with Crippen molar-refractivity contribution in [1.29, 1.82) is 0 Å². The Morgan fingerprint density at radius 2 is 2.11 bits per heavy atom. The third kappa shape index (κ3) is 2.34. The molecular weight excluding hydrogens is 232 g/mol. The average Bonchev–Trinajstić information content (AvgIpc) is 2.84. The summed E-state index contributed by atoms with van der Waals surface area (Å²) in [6.07, 6.45) is 1.82. The van der Waals surface area contributed by atoms with Crippen LogP contribution >= 0.6 is 0 Å². The van der Waals surface area contributed by atoms with Crippen LogP contribution in [0.3, 0.4) is 0 Å². The zero-order valence-corrected chi connectivity index (χ0v) is 10.3. The average molecular weight is 246 g/mol. The van der Waals surface area contributed by atoms with Crippen LogP contribution in [0.1, 0.15) is 10.4 Å². The number of benzene rings is 1. The fourth-order valence-electron chi connectivity index (χ4n) is 1.74. The van der Waals surface area contributed by atoms with Crippen LogP contribution in [0.25, 0.3) is 10.9 Å². The van der Waals surface area contributed by atoms with E-state index < -0.39 is 5.97 Å². The molecule has 94 valence electrons. The van der Waals surface area contributed by atoms with E-state index in [9.17, 15) is 9.59 Å². The summed E-state index contributed by atoms with van der Waals surface area (Å²) in [5.41, 5.74) is 1.52. The second-order valence-electron chi connectivity index (χ2n) is 4.02. The van der Waals surface area contributed by atoms with Gasteiger partial charge >= 0.3 is 5.97 Å². The lowest BCUT2D eigenvalue weighted by Gasteiger charge is -2.15.